The van der Waals surface area contributed by atoms with Gasteiger partial charge in [-0.1, -0.05) is 55.5 Å². The first-order valence-corrected chi connectivity index (χ1v) is 8.53. The number of nitrogens with zero attached hydrogens (tertiary/aromatic N) is 3. The minimum absolute atomic E-state index is 0.0375. The zero-order valence-corrected chi connectivity index (χ0v) is 14.1. The molecule has 0 saturated heterocycles. The summed E-state index contributed by atoms with van der Waals surface area (Å²) in [4.78, 5) is 23.9. The largest absolute Gasteiger partial charge is 0.328 e. The van der Waals surface area contributed by atoms with Crippen LogP contribution in [-0.4, -0.2) is 20.8 Å². The lowest BCUT2D eigenvalue weighted by Crippen LogP contribution is -2.25. The third kappa shape index (κ3) is 2.91. The molecule has 25 heavy (non-hydrogen) atoms. The van der Waals surface area contributed by atoms with Crippen molar-refractivity contribution in [2.75, 3.05) is 0 Å². The molecule has 4 rings (SSSR count). The third-order valence-corrected chi connectivity index (χ3v) is 4.55. The van der Waals surface area contributed by atoms with Crippen molar-refractivity contribution < 1.29 is 4.79 Å². The molecule has 0 saturated carbocycles. The Hall–Kier alpha value is -3.01. The Kier molecular flexibility index (Phi) is 4.02. The van der Waals surface area contributed by atoms with Gasteiger partial charge in [0.05, 0.1) is 12.2 Å². The summed E-state index contributed by atoms with van der Waals surface area (Å²) in [6, 6.07) is 17.8. The van der Waals surface area contributed by atoms with Crippen molar-refractivity contribution >= 4 is 5.91 Å². The Morgan fingerprint density at radius 3 is 2.60 bits per heavy atom. The van der Waals surface area contributed by atoms with Crippen LogP contribution >= 0.6 is 0 Å². The normalized spacial score (nSPS) is 12.9. The number of hydrogen-bond acceptors (Lipinski definition) is 3. The predicted molar refractivity (Wildman–Crippen MR) is 96.9 cm³/mol. The van der Waals surface area contributed by atoms with E-state index in [0.717, 1.165) is 40.2 Å². The molecule has 4 heteroatoms. The molecule has 1 aliphatic heterocycles. The minimum atomic E-state index is 0.0375. The molecule has 1 amide bonds. The van der Waals surface area contributed by atoms with Crippen LogP contribution in [0.15, 0.2) is 60.8 Å². The molecule has 0 unspecified atom stereocenters. The summed E-state index contributed by atoms with van der Waals surface area (Å²) in [5.41, 5.74) is 4.76. The maximum atomic E-state index is 13.1. The molecule has 0 spiro atoms. The van der Waals surface area contributed by atoms with E-state index in [2.05, 4.69) is 9.97 Å². The summed E-state index contributed by atoms with van der Waals surface area (Å²) in [5.74, 6) is 0.869. The second-order valence-corrected chi connectivity index (χ2v) is 6.18. The molecule has 4 nitrogen and oxygen atoms in total. The summed E-state index contributed by atoms with van der Waals surface area (Å²) in [5, 5.41) is 0. The number of fused-ring (bicyclic) bond motifs is 1. The average Bonchev–Trinajstić information content (AvgIpc) is 3.11. The fourth-order valence-electron chi connectivity index (χ4n) is 3.22. The molecular weight excluding hydrogens is 310 g/mol. The van der Waals surface area contributed by atoms with Gasteiger partial charge in [-0.15, -0.1) is 0 Å². The van der Waals surface area contributed by atoms with E-state index in [1.165, 1.54) is 0 Å². The quantitative estimate of drug-likeness (QED) is 0.733. The number of aromatic nitrogens is 2. The van der Waals surface area contributed by atoms with E-state index in [1.54, 1.807) is 0 Å². The Morgan fingerprint density at radius 1 is 1.04 bits per heavy atom. The summed E-state index contributed by atoms with van der Waals surface area (Å²) < 4.78 is 0. The van der Waals surface area contributed by atoms with Crippen LogP contribution in [0.25, 0.3) is 11.1 Å². The second kappa shape index (κ2) is 6.48. The average molecular weight is 329 g/mol. The number of hydrogen-bond donors (Lipinski definition) is 0. The van der Waals surface area contributed by atoms with Crippen LogP contribution in [0, 0.1) is 0 Å². The third-order valence-electron chi connectivity index (χ3n) is 4.55. The van der Waals surface area contributed by atoms with Crippen LogP contribution in [0.2, 0.25) is 0 Å². The molecule has 124 valence electrons. The summed E-state index contributed by atoms with van der Waals surface area (Å²) >= 11 is 0. The molecule has 2 heterocycles. The summed E-state index contributed by atoms with van der Waals surface area (Å²) in [6.45, 7) is 3.16. The number of carbonyl (C=O) groups is 1. The Morgan fingerprint density at radius 2 is 1.80 bits per heavy atom. The molecule has 0 N–H and O–H groups in total. The van der Waals surface area contributed by atoms with Crippen molar-refractivity contribution in [1.29, 1.82) is 0 Å². The van der Waals surface area contributed by atoms with Crippen LogP contribution in [0.5, 0.6) is 0 Å². The maximum absolute atomic E-state index is 13.1. The minimum Gasteiger partial charge on any atom is -0.328 e. The van der Waals surface area contributed by atoms with Gasteiger partial charge in [0, 0.05) is 30.3 Å². The van der Waals surface area contributed by atoms with Crippen molar-refractivity contribution in [3.05, 3.63) is 83.4 Å². The summed E-state index contributed by atoms with van der Waals surface area (Å²) in [7, 11) is 0. The van der Waals surface area contributed by atoms with Crippen LogP contribution in [0.4, 0.5) is 0 Å². The lowest BCUT2D eigenvalue weighted by molar-refractivity contribution is 0.0751. The Bertz CT molecular complexity index is 921. The van der Waals surface area contributed by atoms with Crippen LogP contribution in [-0.2, 0) is 19.5 Å². The Labute approximate surface area is 147 Å². The molecule has 1 aromatic heterocycles. The molecule has 0 aliphatic carbocycles. The maximum Gasteiger partial charge on any atom is 0.255 e. The lowest BCUT2D eigenvalue weighted by atomic mass is 9.99. The molecule has 1 aliphatic rings. The van der Waals surface area contributed by atoms with Gasteiger partial charge in [0.15, 0.2) is 0 Å². The number of amides is 1. The molecule has 0 atom stereocenters. The van der Waals surface area contributed by atoms with Gasteiger partial charge in [0.1, 0.15) is 5.82 Å². The van der Waals surface area contributed by atoms with Crippen molar-refractivity contribution in [3.63, 3.8) is 0 Å². The fourth-order valence-corrected chi connectivity index (χ4v) is 3.22. The van der Waals surface area contributed by atoms with Gasteiger partial charge < -0.3 is 4.90 Å². The SMILES string of the molecule is CCc1ncc2c(n1)CN(C(=O)c1ccccc1-c1ccccc1)C2. The van der Waals surface area contributed by atoms with Crippen molar-refractivity contribution in [3.8, 4) is 11.1 Å². The smallest absolute Gasteiger partial charge is 0.255 e. The molecule has 3 aromatic rings. The zero-order valence-electron chi connectivity index (χ0n) is 14.1. The van der Waals surface area contributed by atoms with Crippen LogP contribution in [0.1, 0.15) is 34.4 Å². The highest BCUT2D eigenvalue weighted by atomic mass is 16.2. The molecule has 0 bridgehead atoms. The van der Waals surface area contributed by atoms with Crippen LogP contribution in [0.3, 0.4) is 0 Å². The zero-order chi connectivity index (χ0) is 17.2. The van der Waals surface area contributed by atoms with E-state index >= 15 is 0 Å². The lowest BCUT2D eigenvalue weighted by Gasteiger charge is -2.17. The monoisotopic (exact) mass is 329 g/mol. The van der Waals surface area contributed by atoms with Gasteiger partial charge in [-0.05, 0) is 17.2 Å². The van der Waals surface area contributed by atoms with E-state index in [1.807, 2.05) is 72.6 Å². The van der Waals surface area contributed by atoms with E-state index in [9.17, 15) is 4.79 Å². The fraction of sp³-hybridized carbons (Fsp3) is 0.190. The van der Waals surface area contributed by atoms with E-state index < -0.39 is 0 Å². The van der Waals surface area contributed by atoms with Crippen molar-refractivity contribution in [2.24, 2.45) is 0 Å². The van der Waals surface area contributed by atoms with E-state index in [0.29, 0.717) is 13.1 Å². The van der Waals surface area contributed by atoms with Gasteiger partial charge in [-0.3, -0.25) is 4.79 Å². The van der Waals surface area contributed by atoms with E-state index in [-0.39, 0.29) is 5.91 Å². The van der Waals surface area contributed by atoms with Gasteiger partial charge >= 0.3 is 0 Å². The number of benzene rings is 2. The standard InChI is InChI=1S/C21H19N3O/c1-2-20-22-12-16-13-24(14-19(16)23-20)21(25)18-11-7-6-10-17(18)15-8-4-3-5-9-15/h3-12H,2,13-14H2,1H3. The van der Waals surface area contributed by atoms with Crippen LogP contribution < -0.4 is 0 Å². The van der Waals surface area contributed by atoms with E-state index in [4.69, 9.17) is 0 Å². The highest BCUT2D eigenvalue weighted by molar-refractivity contribution is 6.01. The topological polar surface area (TPSA) is 46.1 Å². The Balaban J connectivity index is 1.65. The highest BCUT2D eigenvalue weighted by Crippen LogP contribution is 2.28. The first kappa shape index (κ1) is 15.5. The number of rotatable bonds is 3. The first-order chi connectivity index (χ1) is 12.3. The second-order valence-electron chi connectivity index (χ2n) is 6.18. The van der Waals surface area contributed by atoms with Gasteiger partial charge in [-0.2, -0.15) is 0 Å². The molecule has 2 aromatic carbocycles. The molecule has 0 fully saturated rings. The predicted octanol–water partition coefficient (Wildman–Crippen LogP) is 3.86. The number of carbonyl (C=O) groups excluding carboxylic acids is 1. The number of aryl methyl sites for hydroxylation is 1. The van der Waals surface area contributed by atoms with Gasteiger partial charge in [-0.25, -0.2) is 9.97 Å². The van der Waals surface area contributed by atoms with Gasteiger partial charge in [0.25, 0.3) is 5.91 Å². The first-order valence-electron chi connectivity index (χ1n) is 8.53. The highest BCUT2D eigenvalue weighted by Gasteiger charge is 2.27. The van der Waals surface area contributed by atoms with Crippen molar-refractivity contribution in [1.82, 2.24) is 14.9 Å². The van der Waals surface area contributed by atoms with Gasteiger partial charge in [0.2, 0.25) is 0 Å². The molecular formula is C21H19N3O. The summed E-state index contributed by atoms with van der Waals surface area (Å²) in [6.07, 6.45) is 2.66. The van der Waals surface area contributed by atoms with Crippen molar-refractivity contribution in [2.45, 2.75) is 26.4 Å². The molecule has 0 radical (unpaired) electrons.